The van der Waals surface area contributed by atoms with Gasteiger partial charge in [0.1, 0.15) is 5.60 Å². The first-order valence-corrected chi connectivity index (χ1v) is 9.69. The summed E-state index contributed by atoms with van der Waals surface area (Å²) in [5.74, 6) is -0.843. The number of pyridine rings is 1. The van der Waals surface area contributed by atoms with Gasteiger partial charge in [0.2, 0.25) is 5.82 Å². The summed E-state index contributed by atoms with van der Waals surface area (Å²) in [7, 11) is 0. The summed E-state index contributed by atoms with van der Waals surface area (Å²) in [4.78, 5) is 40.1. The molecule has 1 aromatic heterocycles. The number of carbonyl (C=O) groups is 2. The van der Waals surface area contributed by atoms with Gasteiger partial charge in [0.15, 0.2) is 6.04 Å². The van der Waals surface area contributed by atoms with Crippen LogP contribution in [0.5, 0.6) is 0 Å². The Hall–Kier alpha value is -3.69. The lowest BCUT2D eigenvalue weighted by atomic mass is 9.99. The number of carbonyl (C=O) groups excluding carboxylic acids is 2. The molecule has 2 rings (SSSR count). The molecule has 2 N–H and O–H groups in total. The van der Waals surface area contributed by atoms with Gasteiger partial charge in [-0.05, 0) is 39.3 Å². The molecular weight excluding hydrogens is 404 g/mol. The molecule has 0 aliphatic rings. The maximum Gasteiger partial charge on any atom is 0.408 e. The van der Waals surface area contributed by atoms with Crippen molar-refractivity contribution >= 4 is 23.6 Å². The van der Waals surface area contributed by atoms with E-state index in [2.05, 4.69) is 15.6 Å². The SMILES string of the molecule is CCOC(=O)[C@@H](Nc1ncccc1[N+](=O)[O-])[C@H](NC(=O)OC(C)(C)C)c1ccccc1. The van der Waals surface area contributed by atoms with E-state index in [1.165, 1.54) is 18.3 Å². The lowest BCUT2D eigenvalue weighted by molar-refractivity contribution is -0.384. The minimum Gasteiger partial charge on any atom is -0.464 e. The van der Waals surface area contributed by atoms with E-state index in [4.69, 9.17) is 9.47 Å². The number of nitrogens with zero attached hydrogens (tertiary/aromatic N) is 2. The van der Waals surface area contributed by atoms with Gasteiger partial charge in [0.05, 0.1) is 17.6 Å². The number of rotatable bonds is 8. The Bertz CT molecular complexity index is 914. The standard InChI is InChI=1S/C21H26N4O6/c1-5-30-19(26)17(23-18-15(25(28)29)12-9-13-22-18)16(14-10-7-6-8-11-14)24-20(27)31-21(2,3)4/h6-13,16-17H,5H2,1-4H3,(H,22,23)(H,24,27)/t16-,17+/m1/s1. The molecule has 0 spiro atoms. The molecule has 0 fully saturated rings. The second kappa shape index (κ2) is 10.4. The first kappa shape index (κ1) is 23.6. The zero-order valence-corrected chi connectivity index (χ0v) is 17.8. The summed E-state index contributed by atoms with van der Waals surface area (Å²) in [6.07, 6.45) is 0.601. The van der Waals surface area contributed by atoms with Crippen molar-refractivity contribution in [2.45, 2.75) is 45.4 Å². The van der Waals surface area contributed by atoms with E-state index in [9.17, 15) is 19.7 Å². The maximum atomic E-state index is 12.8. The molecule has 0 unspecified atom stereocenters. The van der Waals surface area contributed by atoms with Gasteiger partial charge in [-0.3, -0.25) is 10.1 Å². The molecule has 2 atom stereocenters. The van der Waals surface area contributed by atoms with Crippen molar-refractivity contribution in [2.75, 3.05) is 11.9 Å². The van der Waals surface area contributed by atoms with Gasteiger partial charge in [-0.2, -0.15) is 0 Å². The molecule has 1 aromatic carbocycles. The van der Waals surface area contributed by atoms with Crippen molar-refractivity contribution in [3.05, 3.63) is 64.3 Å². The minimum absolute atomic E-state index is 0.0786. The van der Waals surface area contributed by atoms with E-state index in [0.29, 0.717) is 5.56 Å². The normalized spacial score (nSPS) is 12.9. The molecule has 2 aromatic rings. The average Bonchev–Trinajstić information content (AvgIpc) is 2.70. The van der Waals surface area contributed by atoms with Crippen LogP contribution >= 0.6 is 0 Å². The fraction of sp³-hybridized carbons (Fsp3) is 0.381. The Morgan fingerprint density at radius 2 is 1.84 bits per heavy atom. The number of ether oxygens (including phenoxy) is 2. The number of hydrogen-bond acceptors (Lipinski definition) is 8. The first-order valence-electron chi connectivity index (χ1n) is 9.69. The van der Waals surface area contributed by atoms with E-state index >= 15 is 0 Å². The second-order valence-corrected chi connectivity index (χ2v) is 7.54. The van der Waals surface area contributed by atoms with Gasteiger partial charge in [-0.25, -0.2) is 14.6 Å². The van der Waals surface area contributed by atoms with Crippen LogP contribution in [0.2, 0.25) is 0 Å². The largest absolute Gasteiger partial charge is 0.464 e. The number of nitro groups is 1. The molecule has 0 saturated heterocycles. The quantitative estimate of drug-likeness (QED) is 0.369. The number of hydrogen-bond donors (Lipinski definition) is 2. The van der Waals surface area contributed by atoms with Gasteiger partial charge in [-0.1, -0.05) is 30.3 Å². The number of nitrogens with one attached hydrogen (secondary N) is 2. The lowest BCUT2D eigenvalue weighted by Gasteiger charge is -2.29. The highest BCUT2D eigenvalue weighted by atomic mass is 16.6. The molecule has 0 aliphatic carbocycles. The predicted octanol–water partition coefficient (Wildman–Crippen LogP) is 3.60. The predicted molar refractivity (Wildman–Crippen MR) is 113 cm³/mol. The smallest absolute Gasteiger partial charge is 0.408 e. The second-order valence-electron chi connectivity index (χ2n) is 7.54. The fourth-order valence-electron chi connectivity index (χ4n) is 2.77. The molecule has 0 aliphatic heterocycles. The van der Waals surface area contributed by atoms with Crippen LogP contribution in [0, 0.1) is 10.1 Å². The molecule has 31 heavy (non-hydrogen) atoms. The van der Waals surface area contributed by atoms with Crippen molar-refractivity contribution < 1.29 is 24.0 Å². The van der Waals surface area contributed by atoms with Crippen LogP contribution in [0.4, 0.5) is 16.3 Å². The maximum absolute atomic E-state index is 12.8. The van der Waals surface area contributed by atoms with Crippen molar-refractivity contribution in [3.8, 4) is 0 Å². The molecular formula is C21H26N4O6. The summed E-state index contributed by atoms with van der Waals surface area (Å²) in [6, 6.07) is 9.18. The van der Waals surface area contributed by atoms with Crippen molar-refractivity contribution in [2.24, 2.45) is 0 Å². The number of alkyl carbamates (subject to hydrolysis) is 1. The summed E-state index contributed by atoms with van der Waals surface area (Å²) in [5, 5.41) is 16.9. The van der Waals surface area contributed by atoms with Gasteiger partial charge in [0, 0.05) is 12.3 Å². The Morgan fingerprint density at radius 1 is 1.16 bits per heavy atom. The Morgan fingerprint density at radius 3 is 2.42 bits per heavy atom. The third-order valence-electron chi connectivity index (χ3n) is 3.98. The first-order chi connectivity index (χ1) is 14.6. The molecule has 0 bridgehead atoms. The van der Waals surface area contributed by atoms with E-state index in [1.54, 1.807) is 58.0 Å². The Kier molecular flexibility index (Phi) is 7.89. The summed E-state index contributed by atoms with van der Waals surface area (Å²) < 4.78 is 10.5. The van der Waals surface area contributed by atoms with E-state index in [0.717, 1.165) is 0 Å². The Balaban J connectivity index is 2.47. The van der Waals surface area contributed by atoms with Gasteiger partial charge < -0.3 is 20.1 Å². The monoisotopic (exact) mass is 430 g/mol. The van der Waals surface area contributed by atoms with Crippen LogP contribution in [0.15, 0.2) is 48.7 Å². The minimum atomic E-state index is -1.22. The molecule has 1 amide bonds. The zero-order chi connectivity index (χ0) is 23.0. The Labute approximate surface area is 180 Å². The topological polar surface area (TPSA) is 133 Å². The van der Waals surface area contributed by atoms with Crippen LogP contribution in [-0.2, 0) is 14.3 Å². The highest BCUT2D eigenvalue weighted by Gasteiger charge is 2.35. The summed E-state index contributed by atoms with van der Waals surface area (Å²) in [5.41, 5.74) is -0.517. The summed E-state index contributed by atoms with van der Waals surface area (Å²) >= 11 is 0. The number of esters is 1. The highest BCUT2D eigenvalue weighted by molar-refractivity contribution is 5.82. The molecule has 166 valence electrons. The van der Waals surface area contributed by atoms with Crippen molar-refractivity contribution in [3.63, 3.8) is 0 Å². The zero-order valence-electron chi connectivity index (χ0n) is 17.8. The van der Waals surface area contributed by atoms with Crippen LogP contribution < -0.4 is 10.6 Å². The summed E-state index contributed by atoms with van der Waals surface area (Å²) in [6.45, 7) is 6.85. The van der Waals surface area contributed by atoms with E-state index < -0.39 is 34.7 Å². The van der Waals surface area contributed by atoms with E-state index in [-0.39, 0.29) is 18.1 Å². The molecule has 0 radical (unpaired) electrons. The molecule has 0 saturated carbocycles. The number of anilines is 1. The van der Waals surface area contributed by atoms with Crippen LogP contribution in [0.1, 0.15) is 39.3 Å². The average molecular weight is 430 g/mol. The fourth-order valence-corrected chi connectivity index (χ4v) is 2.77. The molecule has 10 nitrogen and oxygen atoms in total. The third kappa shape index (κ3) is 6.95. The van der Waals surface area contributed by atoms with Crippen LogP contribution in [0.3, 0.4) is 0 Å². The van der Waals surface area contributed by atoms with Crippen molar-refractivity contribution in [1.29, 1.82) is 0 Å². The van der Waals surface area contributed by atoms with Crippen LogP contribution in [0.25, 0.3) is 0 Å². The number of aromatic nitrogens is 1. The van der Waals surface area contributed by atoms with E-state index in [1.807, 2.05) is 0 Å². The van der Waals surface area contributed by atoms with Gasteiger partial charge in [0.25, 0.3) is 0 Å². The number of benzene rings is 1. The number of amides is 1. The highest BCUT2D eigenvalue weighted by Crippen LogP contribution is 2.26. The van der Waals surface area contributed by atoms with Gasteiger partial charge >= 0.3 is 17.7 Å². The third-order valence-corrected chi connectivity index (χ3v) is 3.98. The molecule has 1 heterocycles. The lowest BCUT2D eigenvalue weighted by Crippen LogP contribution is -2.47. The van der Waals surface area contributed by atoms with Gasteiger partial charge in [-0.15, -0.1) is 0 Å². The van der Waals surface area contributed by atoms with Crippen LogP contribution in [-0.4, -0.2) is 40.2 Å². The van der Waals surface area contributed by atoms with Crippen molar-refractivity contribution in [1.82, 2.24) is 10.3 Å². The molecule has 10 heteroatoms.